The minimum Gasteiger partial charge on any atom is -0.444 e. The topological polar surface area (TPSA) is 47.7 Å². The Hall–Kier alpha value is -1.99. The number of rotatable bonds is 5. The molecule has 0 spiro atoms. The Morgan fingerprint density at radius 2 is 2.21 bits per heavy atom. The van der Waals surface area contributed by atoms with Gasteiger partial charge < -0.3 is 13.9 Å². The van der Waals surface area contributed by atoms with Gasteiger partial charge in [0, 0.05) is 13.1 Å². The van der Waals surface area contributed by atoms with E-state index in [0.29, 0.717) is 25.6 Å². The Balaban J connectivity index is 1.66. The van der Waals surface area contributed by atoms with Crippen molar-refractivity contribution in [1.29, 1.82) is 0 Å². The smallest absolute Gasteiger partial charge is 0.387 e. The second-order valence-electron chi connectivity index (χ2n) is 5.79. The normalized spacial score (nSPS) is 19.0. The minimum absolute atomic E-state index is 0.141. The van der Waals surface area contributed by atoms with Gasteiger partial charge in [-0.3, -0.25) is 4.90 Å². The molecule has 0 bridgehead atoms. The summed E-state index contributed by atoms with van der Waals surface area (Å²) in [5.41, 5.74) is 1.71. The van der Waals surface area contributed by atoms with Gasteiger partial charge in [-0.25, -0.2) is 4.98 Å². The molecule has 2 heterocycles. The lowest BCUT2D eigenvalue weighted by Crippen LogP contribution is -2.37. The molecule has 7 heteroatoms. The number of ether oxygens (including phenoxy) is 2. The molecule has 3 rings (SSSR count). The van der Waals surface area contributed by atoms with Crippen molar-refractivity contribution in [2.24, 2.45) is 0 Å². The molecule has 2 aromatic rings. The summed E-state index contributed by atoms with van der Waals surface area (Å²) in [5, 5.41) is 0. The molecule has 1 saturated heterocycles. The zero-order valence-corrected chi connectivity index (χ0v) is 13.7. The van der Waals surface area contributed by atoms with E-state index in [1.807, 2.05) is 19.9 Å². The van der Waals surface area contributed by atoms with Crippen molar-refractivity contribution in [3.63, 3.8) is 0 Å². The fourth-order valence-electron chi connectivity index (χ4n) is 2.74. The van der Waals surface area contributed by atoms with Crippen LogP contribution in [0.5, 0.6) is 5.75 Å². The summed E-state index contributed by atoms with van der Waals surface area (Å²) in [5.74, 6) is 1.65. The Labute approximate surface area is 139 Å². The molecule has 0 saturated carbocycles. The van der Waals surface area contributed by atoms with E-state index in [-0.39, 0.29) is 11.9 Å². The molecule has 1 aliphatic rings. The molecule has 1 atom stereocenters. The van der Waals surface area contributed by atoms with Crippen LogP contribution in [0.3, 0.4) is 0 Å². The molecule has 0 radical (unpaired) electrons. The lowest BCUT2D eigenvalue weighted by atomic mass is 10.1. The van der Waals surface area contributed by atoms with Crippen LogP contribution in [0, 0.1) is 13.8 Å². The monoisotopic (exact) mass is 338 g/mol. The largest absolute Gasteiger partial charge is 0.444 e. The molecule has 0 N–H and O–H groups in total. The summed E-state index contributed by atoms with van der Waals surface area (Å²) in [7, 11) is 0. The van der Waals surface area contributed by atoms with Crippen molar-refractivity contribution in [2.45, 2.75) is 33.1 Å². The van der Waals surface area contributed by atoms with Crippen molar-refractivity contribution in [3.8, 4) is 5.75 Å². The van der Waals surface area contributed by atoms with E-state index >= 15 is 0 Å². The molecule has 1 aromatic heterocycles. The predicted octanol–water partition coefficient (Wildman–Crippen LogP) is 3.47. The highest BCUT2D eigenvalue weighted by molar-refractivity contribution is 5.30. The number of alkyl halides is 2. The van der Waals surface area contributed by atoms with E-state index < -0.39 is 6.61 Å². The summed E-state index contributed by atoms with van der Waals surface area (Å²) < 4.78 is 40.6. The van der Waals surface area contributed by atoms with Gasteiger partial charge in [0.1, 0.15) is 11.5 Å². The lowest BCUT2D eigenvalue weighted by Gasteiger charge is -2.32. The number of benzene rings is 1. The van der Waals surface area contributed by atoms with E-state index in [2.05, 4.69) is 14.6 Å². The SMILES string of the molecule is Cc1nc(CN2CCO[C@@H](c3cccc(OC(F)F)c3)C2)oc1C. The summed E-state index contributed by atoms with van der Waals surface area (Å²) in [6.45, 7) is 3.54. The van der Waals surface area contributed by atoms with Gasteiger partial charge in [-0.15, -0.1) is 0 Å². The third kappa shape index (κ3) is 4.10. The Morgan fingerprint density at radius 1 is 1.38 bits per heavy atom. The number of aromatic nitrogens is 1. The van der Waals surface area contributed by atoms with Gasteiger partial charge in [0.25, 0.3) is 0 Å². The summed E-state index contributed by atoms with van der Waals surface area (Å²) in [6.07, 6.45) is -0.197. The molecule has 0 amide bonds. The Kier molecular flexibility index (Phi) is 5.11. The van der Waals surface area contributed by atoms with Gasteiger partial charge in [0.2, 0.25) is 5.89 Å². The molecule has 1 aromatic carbocycles. The molecule has 1 fully saturated rings. The molecule has 24 heavy (non-hydrogen) atoms. The molecular weight excluding hydrogens is 318 g/mol. The number of oxazole rings is 1. The molecule has 1 aliphatic heterocycles. The van der Waals surface area contributed by atoms with Gasteiger partial charge in [-0.2, -0.15) is 8.78 Å². The maximum atomic E-state index is 12.4. The van der Waals surface area contributed by atoms with Crippen molar-refractivity contribution in [3.05, 3.63) is 47.2 Å². The van der Waals surface area contributed by atoms with Crippen molar-refractivity contribution in [1.82, 2.24) is 9.88 Å². The van der Waals surface area contributed by atoms with Gasteiger partial charge in [0.05, 0.1) is 24.9 Å². The first kappa shape index (κ1) is 16.9. The number of nitrogens with zero attached hydrogens (tertiary/aromatic N) is 2. The van der Waals surface area contributed by atoms with Crippen LogP contribution in [0.4, 0.5) is 8.78 Å². The van der Waals surface area contributed by atoms with Crippen LogP contribution >= 0.6 is 0 Å². The molecule has 0 unspecified atom stereocenters. The average molecular weight is 338 g/mol. The molecular formula is C17H20F2N2O3. The second-order valence-corrected chi connectivity index (χ2v) is 5.79. The quantitative estimate of drug-likeness (QED) is 0.835. The van der Waals surface area contributed by atoms with Crippen LogP contribution in [-0.4, -0.2) is 36.2 Å². The third-order valence-electron chi connectivity index (χ3n) is 4.04. The maximum absolute atomic E-state index is 12.4. The van der Waals surface area contributed by atoms with E-state index in [1.54, 1.807) is 12.1 Å². The van der Waals surface area contributed by atoms with Crippen LogP contribution < -0.4 is 4.74 Å². The first-order valence-corrected chi connectivity index (χ1v) is 7.83. The first-order valence-electron chi connectivity index (χ1n) is 7.83. The van der Waals surface area contributed by atoms with Crippen molar-refractivity contribution >= 4 is 0 Å². The fraction of sp³-hybridized carbons (Fsp3) is 0.471. The van der Waals surface area contributed by atoms with Gasteiger partial charge in [-0.1, -0.05) is 12.1 Å². The van der Waals surface area contributed by atoms with E-state index in [9.17, 15) is 8.78 Å². The van der Waals surface area contributed by atoms with Crippen LogP contribution in [0.1, 0.15) is 29.0 Å². The molecule has 0 aliphatic carbocycles. The minimum atomic E-state index is -2.83. The van der Waals surface area contributed by atoms with Crippen LogP contribution in [-0.2, 0) is 11.3 Å². The van der Waals surface area contributed by atoms with Gasteiger partial charge >= 0.3 is 6.61 Å². The molecule has 5 nitrogen and oxygen atoms in total. The molecule has 130 valence electrons. The lowest BCUT2D eigenvalue weighted by molar-refractivity contribution is -0.0510. The highest BCUT2D eigenvalue weighted by Crippen LogP contribution is 2.27. The maximum Gasteiger partial charge on any atom is 0.387 e. The Morgan fingerprint density at radius 3 is 2.92 bits per heavy atom. The van der Waals surface area contributed by atoms with Gasteiger partial charge in [0.15, 0.2) is 0 Å². The van der Waals surface area contributed by atoms with E-state index in [0.717, 1.165) is 23.6 Å². The highest BCUT2D eigenvalue weighted by Gasteiger charge is 2.24. The van der Waals surface area contributed by atoms with Gasteiger partial charge in [-0.05, 0) is 31.5 Å². The highest BCUT2D eigenvalue weighted by atomic mass is 19.3. The van der Waals surface area contributed by atoms with Crippen LogP contribution in [0.15, 0.2) is 28.7 Å². The third-order valence-corrected chi connectivity index (χ3v) is 4.04. The van der Waals surface area contributed by atoms with Crippen molar-refractivity contribution in [2.75, 3.05) is 19.7 Å². The zero-order chi connectivity index (χ0) is 17.1. The number of aryl methyl sites for hydroxylation is 2. The zero-order valence-electron chi connectivity index (χ0n) is 13.7. The number of hydrogen-bond donors (Lipinski definition) is 0. The van der Waals surface area contributed by atoms with Crippen LogP contribution in [0.2, 0.25) is 0 Å². The summed E-state index contributed by atoms with van der Waals surface area (Å²) in [6, 6.07) is 6.65. The number of hydrogen-bond acceptors (Lipinski definition) is 5. The fourth-order valence-corrected chi connectivity index (χ4v) is 2.74. The number of halogens is 2. The van der Waals surface area contributed by atoms with E-state index in [4.69, 9.17) is 9.15 Å². The summed E-state index contributed by atoms with van der Waals surface area (Å²) in [4.78, 5) is 6.58. The van der Waals surface area contributed by atoms with Crippen molar-refractivity contribution < 1.29 is 22.7 Å². The average Bonchev–Trinajstić information content (AvgIpc) is 2.85. The Bertz CT molecular complexity index is 671. The first-order chi connectivity index (χ1) is 11.5. The second kappa shape index (κ2) is 7.27. The summed E-state index contributed by atoms with van der Waals surface area (Å²) >= 11 is 0. The van der Waals surface area contributed by atoms with Crippen LogP contribution in [0.25, 0.3) is 0 Å². The standard InChI is InChI=1S/C17H20F2N2O3/c1-11-12(2)23-16(20-11)10-21-6-7-22-15(9-21)13-4-3-5-14(8-13)24-17(18)19/h3-5,8,15,17H,6-7,9-10H2,1-2H3/t15-/m1/s1. The van der Waals surface area contributed by atoms with E-state index in [1.165, 1.54) is 6.07 Å². The number of morpholine rings is 1. The predicted molar refractivity (Wildman–Crippen MR) is 83.0 cm³/mol.